The lowest BCUT2D eigenvalue weighted by molar-refractivity contribution is -0.146. The third-order valence-electron chi connectivity index (χ3n) is 5.13. The molecule has 118 valence electrons. The summed E-state index contributed by atoms with van der Waals surface area (Å²) >= 11 is 0. The van der Waals surface area contributed by atoms with E-state index in [1.165, 1.54) is 11.3 Å². The van der Waals surface area contributed by atoms with Crippen LogP contribution in [0.2, 0.25) is 0 Å². The summed E-state index contributed by atoms with van der Waals surface area (Å²) in [6.07, 6.45) is 3.56. The molecule has 2 unspecified atom stereocenters. The molecule has 1 aromatic heterocycles. The van der Waals surface area contributed by atoms with Gasteiger partial charge in [-0.25, -0.2) is 0 Å². The highest BCUT2D eigenvalue weighted by Gasteiger charge is 2.48. The van der Waals surface area contributed by atoms with Crippen molar-refractivity contribution in [3.8, 4) is 0 Å². The number of carboxylic acid groups (broad SMARTS) is 1. The number of hydrogen-bond acceptors (Lipinski definition) is 3. The van der Waals surface area contributed by atoms with Crippen LogP contribution in [0, 0.1) is 26.7 Å². The van der Waals surface area contributed by atoms with E-state index in [2.05, 4.69) is 24.3 Å². The smallest absolute Gasteiger partial charge is 0.324 e. The molecule has 5 nitrogen and oxygen atoms in total. The van der Waals surface area contributed by atoms with Gasteiger partial charge in [0.2, 0.25) is 0 Å². The van der Waals surface area contributed by atoms with Crippen LogP contribution < -0.4 is 5.32 Å². The Balaban J connectivity index is 2.11. The molecule has 1 fully saturated rings. The van der Waals surface area contributed by atoms with E-state index in [0.717, 1.165) is 37.9 Å². The first-order valence-corrected chi connectivity index (χ1v) is 7.91. The largest absolute Gasteiger partial charge is 0.480 e. The van der Waals surface area contributed by atoms with Gasteiger partial charge in [0, 0.05) is 12.2 Å². The molecule has 2 N–H and O–H groups in total. The molecule has 0 spiro atoms. The van der Waals surface area contributed by atoms with Crippen LogP contribution in [0.5, 0.6) is 0 Å². The molecule has 0 amide bonds. The summed E-state index contributed by atoms with van der Waals surface area (Å²) in [5, 5.41) is 17.5. The molecule has 0 aromatic carbocycles. The van der Waals surface area contributed by atoms with E-state index in [-0.39, 0.29) is 5.92 Å². The summed E-state index contributed by atoms with van der Waals surface area (Å²) in [4.78, 5) is 11.8. The van der Waals surface area contributed by atoms with Crippen molar-refractivity contribution < 1.29 is 9.90 Å². The molecule has 1 aromatic rings. The molecule has 2 rings (SSSR count). The molecule has 0 bridgehead atoms. The van der Waals surface area contributed by atoms with Gasteiger partial charge in [0.15, 0.2) is 0 Å². The van der Waals surface area contributed by atoms with Crippen LogP contribution in [0.1, 0.15) is 49.6 Å². The molecule has 1 aliphatic carbocycles. The van der Waals surface area contributed by atoms with Gasteiger partial charge in [0.05, 0.1) is 5.69 Å². The summed E-state index contributed by atoms with van der Waals surface area (Å²) in [5.41, 5.74) is 2.75. The van der Waals surface area contributed by atoms with Gasteiger partial charge in [0.1, 0.15) is 5.54 Å². The van der Waals surface area contributed by atoms with Crippen LogP contribution in [0.25, 0.3) is 0 Å². The molecule has 1 aliphatic rings. The van der Waals surface area contributed by atoms with Gasteiger partial charge >= 0.3 is 5.97 Å². The van der Waals surface area contributed by atoms with Crippen molar-refractivity contribution in [1.82, 2.24) is 15.1 Å². The standard InChI is InChI=1S/C16H27N3O2/c1-5-17-16(15(20)21)9-6-7-14(16)8-10-19-13(4)11(2)12(3)18-19/h14,17H,5-10H2,1-4H3,(H,20,21). The zero-order valence-corrected chi connectivity index (χ0v) is 13.6. The van der Waals surface area contributed by atoms with Crippen molar-refractivity contribution in [2.75, 3.05) is 6.54 Å². The first kappa shape index (κ1) is 16.0. The molecule has 1 heterocycles. The number of nitrogens with zero attached hydrogens (tertiary/aromatic N) is 2. The van der Waals surface area contributed by atoms with Crippen molar-refractivity contribution in [3.63, 3.8) is 0 Å². The van der Waals surface area contributed by atoms with Gasteiger partial charge in [0.25, 0.3) is 0 Å². The Bertz CT molecular complexity index is 524. The predicted molar refractivity (Wildman–Crippen MR) is 82.4 cm³/mol. The fourth-order valence-corrected chi connectivity index (χ4v) is 3.66. The zero-order valence-electron chi connectivity index (χ0n) is 13.6. The summed E-state index contributed by atoms with van der Waals surface area (Å²) in [7, 11) is 0. The van der Waals surface area contributed by atoms with E-state index in [1.54, 1.807) is 0 Å². The second kappa shape index (κ2) is 6.18. The minimum absolute atomic E-state index is 0.180. The van der Waals surface area contributed by atoms with Crippen LogP contribution in [-0.2, 0) is 11.3 Å². The van der Waals surface area contributed by atoms with Crippen molar-refractivity contribution in [1.29, 1.82) is 0 Å². The number of aryl methyl sites for hydroxylation is 2. The molecule has 0 radical (unpaired) electrons. The zero-order chi connectivity index (χ0) is 15.6. The highest BCUT2D eigenvalue weighted by Crippen LogP contribution is 2.38. The van der Waals surface area contributed by atoms with Crippen molar-refractivity contribution in [2.45, 2.75) is 65.5 Å². The first-order valence-electron chi connectivity index (χ1n) is 7.91. The molecular formula is C16H27N3O2. The molecule has 5 heteroatoms. The van der Waals surface area contributed by atoms with E-state index in [4.69, 9.17) is 0 Å². The van der Waals surface area contributed by atoms with E-state index in [0.29, 0.717) is 6.54 Å². The molecule has 0 saturated heterocycles. The number of carboxylic acids is 1. The topological polar surface area (TPSA) is 67.2 Å². The Morgan fingerprint density at radius 2 is 2.19 bits per heavy atom. The third kappa shape index (κ3) is 2.84. The Labute approximate surface area is 126 Å². The maximum absolute atomic E-state index is 11.8. The molecule has 2 atom stereocenters. The number of carbonyl (C=O) groups is 1. The van der Waals surface area contributed by atoms with Crippen LogP contribution >= 0.6 is 0 Å². The third-order valence-corrected chi connectivity index (χ3v) is 5.13. The maximum Gasteiger partial charge on any atom is 0.324 e. The summed E-state index contributed by atoms with van der Waals surface area (Å²) in [5.74, 6) is -0.518. The molecular weight excluding hydrogens is 266 g/mol. The number of aromatic nitrogens is 2. The van der Waals surface area contributed by atoms with Crippen molar-refractivity contribution in [2.24, 2.45) is 5.92 Å². The average molecular weight is 293 g/mol. The highest BCUT2D eigenvalue weighted by molar-refractivity contribution is 5.79. The fourth-order valence-electron chi connectivity index (χ4n) is 3.66. The summed E-state index contributed by atoms with van der Waals surface area (Å²) in [6.45, 7) is 9.66. The Morgan fingerprint density at radius 1 is 1.48 bits per heavy atom. The lowest BCUT2D eigenvalue weighted by Crippen LogP contribution is -2.54. The minimum atomic E-state index is -0.736. The number of nitrogens with one attached hydrogen (secondary N) is 1. The number of aliphatic carboxylic acids is 1. The molecule has 21 heavy (non-hydrogen) atoms. The summed E-state index contributed by atoms with van der Waals surface area (Å²) < 4.78 is 2.03. The lowest BCUT2D eigenvalue weighted by Gasteiger charge is -2.32. The predicted octanol–water partition coefficient (Wildman–Crippen LogP) is 2.43. The molecule has 1 saturated carbocycles. The van der Waals surface area contributed by atoms with Crippen LogP contribution in [0.3, 0.4) is 0 Å². The Morgan fingerprint density at radius 3 is 2.71 bits per heavy atom. The average Bonchev–Trinajstić information content (AvgIpc) is 2.95. The lowest BCUT2D eigenvalue weighted by atomic mass is 9.84. The van der Waals surface area contributed by atoms with E-state index >= 15 is 0 Å². The van der Waals surface area contributed by atoms with Crippen LogP contribution in [-0.4, -0.2) is 32.9 Å². The number of rotatable bonds is 6. The fraction of sp³-hybridized carbons (Fsp3) is 0.750. The van der Waals surface area contributed by atoms with Crippen molar-refractivity contribution >= 4 is 5.97 Å². The van der Waals surface area contributed by atoms with Gasteiger partial charge in [-0.05, 0) is 58.1 Å². The van der Waals surface area contributed by atoms with Gasteiger partial charge in [-0.1, -0.05) is 13.3 Å². The van der Waals surface area contributed by atoms with Gasteiger partial charge in [-0.15, -0.1) is 0 Å². The normalized spacial score (nSPS) is 25.4. The van der Waals surface area contributed by atoms with E-state index in [9.17, 15) is 9.90 Å². The summed E-state index contributed by atoms with van der Waals surface area (Å²) in [6, 6.07) is 0. The van der Waals surface area contributed by atoms with E-state index in [1.807, 2.05) is 18.5 Å². The van der Waals surface area contributed by atoms with E-state index < -0.39 is 11.5 Å². The second-order valence-corrected chi connectivity index (χ2v) is 6.20. The Hall–Kier alpha value is -1.36. The van der Waals surface area contributed by atoms with Crippen LogP contribution in [0.4, 0.5) is 0 Å². The number of hydrogen-bond donors (Lipinski definition) is 2. The Kier molecular flexibility index (Phi) is 4.71. The monoisotopic (exact) mass is 293 g/mol. The first-order chi connectivity index (χ1) is 9.92. The maximum atomic E-state index is 11.8. The quantitative estimate of drug-likeness (QED) is 0.845. The van der Waals surface area contributed by atoms with Crippen LogP contribution in [0.15, 0.2) is 0 Å². The van der Waals surface area contributed by atoms with Gasteiger partial charge in [-0.3, -0.25) is 9.48 Å². The van der Waals surface area contributed by atoms with Gasteiger partial charge in [-0.2, -0.15) is 5.10 Å². The van der Waals surface area contributed by atoms with Crippen molar-refractivity contribution in [3.05, 3.63) is 17.0 Å². The number of likely N-dealkylation sites (N-methyl/N-ethyl adjacent to an activating group) is 1. The molecule has 0 aliphatic heterocycles. The second-order valence-electron chi connectivity index (χ2n) is 6.20. The van der Waals surface area contributed by atoms with Gasteiger partial charge < -0.3 is 10.4 Å². The minimum Gasteiger partial charge on any atom is -0.480 e. The SMILES string of the molecule is CCNC1(C(=O)O)CCCC1CCn1nc(C)c(C)c1C. The highest BCUT2D eigenvalue weighted by atomic mass is 16.4.